The molecule has 0 bridgehead atoms. The third-order valence-electron chi connectivity index (χ3n) is 6.73. The van der Waals surface area contributed by atoms with Crippen molar-refractivity contribution in [3.63, 3.8) is 0 Å². The van der Waals surface area contributed by atoms with Crippen LogP contribution >= 0.6 is 0 Å². The summed E-state index contributed by atoms with van der Waals surface area (Å²) < 4.78 is 40.8. The van der Waals surface area contributed by atoms with E-state index in [-0.39, 0.29) is 45.7 Å². The van der Waals surface area contributed by atoms with E-state index in [2.05, 4.69) is 6.92 Å². The van der Waals surface area contributed by atoms with Gasteiger partial charge < -0.3 is 15.1 Å². The molecule has 0 atom stereocenters. The lowest BCUT2D eigenvalue weighted by atomic mass is 9.79. The number of nitrogens with zero attached hydrogens (tertiary/aromatic N) is 1. The number of amides is 1. The molecule has 36 heavy (non-hydrogen) atoms. The SMILES string of the molecule is CCCCCCC(C)(C)c1cc(O)c(-c2cc(C(F)(F)F)ccc2C(=O)N(C(C)C)C(C)C)c(O)c1. The molecule has 4 nitrogen and oxygen atoms in total. The van der Waals surface area contributed by atoms with Crippen LogP contribution in [0.25, 0.3) is 11.1 Å². The molecule has 0 radical (unpaired) electrons. The lowest BCUT2D eigenvalue weighted by Gasteiger charge is -2.32. The van der Waals surface area contributed by atoms with Crippen molar-refractivity contribution >= 4 is 5.91 Å². The predicted octanol–water partition coefficient (Wildman–Crippen LogP) is 8.29. The zero-order valence-corrected chi connectivity index (χ0v) is 22.5. The summed E-state index contributed by atoms with van der Waals surface area (Å²) in [6, 6.07) is 5.39. The van der Waals surface area contributed by atoms with Gasteiger partial charge in [-0.2, -0.15) is 13.2 Å². The summed E-state index contributed by atoms with van der Waals surface area (Å²) in [5.41, 5.74) is -0.981. The Labute approximate surface area is 213 Å². The molecule has 0 saturated heterocycles. The van der Waals surface area contributed by atoms with Crippen LogP contribution in [0.15, 0.2) is 30.3 Å². The van der Waals surface area contributed by atoms with Gasteiger partial charge in [0.2, 0.25) is 0 Å². The van der Waals surface area contributed by atoms with Gasteiger partial charge in [0.15, 0.2) is 0 Å². The summed E-state index contributed by atoms with van der Waals surface area (Å²) in [5, 5.41) is 22.0. The minimum Gasteiger partial charge on any atom is -0.507 e. The zero-order chi connectivity index (χ0) is 27.4. The molecule has 0 heterocycles. The topological polar surface area (TPSA) is 60.8 Å². The number of phenolic OH excluding ortho intramolecular Hbond substituents is 2. The number of carbonyl (C=O) groups is 1. The van der Waals surface area contributed by atoms with Gasteiger partial charge in [-0.1, -0.05) is 46.5 Å². The molecule has 2 N–H and O–H groups in total. The van der Waals surface area contributed by atoms with E-state index in [9.17, 15) is 28.2 Å². The number of unbranched alkanes of at least 4 members (excludes halogenated alkanes) is 3. The highest BCUT2D eigenvalue weighted by molar-refractivity contribution is 6.02. The average molecular weight is 508 g/mol. The Morgan fingerprint density at radius 2 is 1.44 bits per heavy atom. The number of aromatic hydroxyl groups is 2. The standard InChI is InChI=1S/C29H40F3NO3/c1-8-9-10-11-14-28(6,7)21-16-24(34)26(25(35)17-21)23-15-20(29(30,31)32)12-13-22(23)27(36)33(18(2)3)19(4)5/h12-13,15-19,34-35H,8-11,14H2,1-7H3. The smallest absolute Gasteiger partial charge is 0.416 e. The highest BCUT2D eigenvalue weighted by atomic mass is 19.4. The lowest BCUT2D eigenvalue weighted by Crippen LogP contribution is -2.42. The van der Waals surface area contributed by atoms with Crippen LogP contribution in [0.5, 0.6) is 11.5 Å². The summed E-state index contributed by atoms with van der Waals surface area (Å²) >= 11 is 0. The quantitative estimate of drug-likeness (QED) is 0.318. The molecule has 0 spiro atoms. The highest BCUT2D eigenvalue weighted by Crippen LogP contribution is 2.45. The molecule has 2 rings (SSSR count). The van der Waals surface area contributed by atoms with Crippen LogP contribution in [0.3, 0.4) is 0 Å². The molecule has 0 fully saturated rings. The molecule has 7 heteroatoms. The summed E-state index contributed by atoms with van der Waals surface area (Å²) in [7, 11) is 0. The number of halogens is 3. The number of benzene rings is 2. The lowest BCUT2D eigenvalue weighted by molar-refractivity contribution is -0.137. The first-order valence-corrected chi connectivity index (χ1v) is 12.7. The van der Waals surface area contributed by atoms with Gasteiger partial charge in [0.05, 0.1) is 11.1 Å². The minimum absolute atomic E-state index is 0.0115. The van der Waals surface area contributed by atoms with E-state index < -0.39 is 17.6 Å². The number of rotatable bonds is 10. The molecule has 1 amide bonds. The van der Waals surface area contributed by atoms with Gasteiger partial charge in [0, 0.05) is 23.2 Å². The number of alkyl halides is 3. The molecular weight excluding hydrogens is 467 g/mol. The van der Waals surface area contributed by atoms with Crippen LogP contribution in [0.1, 0.15) is 102 Å². The third kappa shape index (κ3) is 6.74. The monoisotopic (exact) mass is 507 g/mol. The van der Waals surface area contributed by atoms with Crippen LogP contribution < -0.4 is 0 Å². The number of hydrogen-bond donors (Lipinski definition) is 2. The summed E-state index contributed by atoms with van der Waals surface area (Å²) in [5.74, 6) is -1.19. The van der Waals surface area contributed by atoms with E-state index >= 15 is 0 Å². The van der Waals surface area contributed by atoms with Gasteiger partial charge in [0.1, 0.15) is 11.5 Å². The Kier molecular flexibility index (Phi) is 9.49. The fourth-order valence-corrected chi connectivity index (χ4v) is 4.73. The summed E-state index contributed by atoms with van der Waals surface area (Å²) in [4.78, 5) is 15.0. The van der Waals surface area contributed by atoms with Crippen molar-refractivity contribution in [2.75, 3.05) is 0 Å². The zero-order valence-electron chi connectivity index (χ0n) is 22.5. The fraction of sp³-hybridized carbons (Fsp3) is 0.552. The van der Waals surface area contributed by atoms with Crippen LogP contribution in [0, 0.1) is 0 Å². The average Bonchev–Trinajstić information content (AvgIpc) is 2.75. The van der Waals surface area contributed by atoms with Gasteiger partial charge in [-0.15, -0.1) is 0 Å². The Morgan fingerprint density at radius 1 is 0.889 bits per heavy atom. The van der Waals surface area contributed by atoms with Gasteiger partial charge in [-0.3, -0.25) is 4.79 Å². The van der Waals surface area contributed by atoms with E-state index in [1.165, 1.54) is 12.1 Å². The van der Waals surface area contributed by atoms with Crippen molar-refractivity contribution in [3.05, 3.63) is 47.0 Å². The second-order valence-corrected chi connectivity index (χ2v) is 10.7. The number of carbonyl (C=O) groups excluding carboxylic acids is 1. The first kappa shape index (κ1) is 29.5. The van der Waals surface area contributed by atoms with Crippen LogP contribution in [-0.4, -0.2) is 33.1 Å². The third-order valence-corrected chi connectivity index (χ3v) is 6.73. The van der Waals surface area contributed by atoms with Crippen molar-refractivity contribution in [2.45, 2.75) is 104 Å². The second kappa shape index (κ2) is 11.6. The molecule has 0 aromatic heterocycles. The molecule has 2 aromatic carbocycles. The number of phenols is 2. The normalized spacial score (nSPS) is 12.4. The van der Waals surface area contributed by atoms with E-state index in [1.54, 1.807) is 4.90 Å². The van der Waals surface area contributed by atoms with Crippen LogP contribution in [0.2, 0.25) is 0 Å². The molecule has 0 aliphatic rings. The van der Waals surface area contributed by atoms with E-state index in [4.69, 9.17) is 0 Å². The maximum Gasteiger partial charge on any atom is 0.416 e. The van der Waals surface area contributed by atoms with Gasteiger partial charge >= 0.3 is 6.18 Å². The minimum atomic E-state index is -4.65. The maximum atomic E-state index is 13.6. The van der Waals surface area contributed by atoms with E-state index in [0.29, 0.717) is 5.56 Å². The molecule has 200 valence electrons. The second-order valence-electron chi connectivity index (χ2n) is 10.7. The molecule has 0 unspecified atom stereocenters. The first-order valence-electron chi connectivity index (χ1n) is 12.7. The molecule has 0 saturated carbocycles. The van der Waals surface area contributed by atoms with Crippen molar-refractivity contribution in [3.8, 4) is 22.6 Å². The number of hydrogen-bond acceptors (Lipinski definition) is 3. The van der Waals surface area contributed by atoms with Crippen molar-refractivity contribution in [1.82, 2.24) is 4.90 Å². The highest BCUT2D eigenvalue weighted by Gasteiger charge is 2.34. The maximum absolute atomic E-state index is 13.6. The molecule has 2 aromatic rings. The van der Waals surface area contributed by atoms with Gasteiger partial charge in [-0.05, 0) is 75.4 Å². The Morgan fingerprint density at radius 3 is 1.92 bits per heavy atom. The van der Waals surface area contributed by atoms with Crippen molar-refractivity contribution < 1.29 is 28.2 Å². The van der Waals surface area contributed by atoms with Gasteiger partial charge in [-0.25, -0.2) is 0 Å². The van der Waals surface area contributed by atoms with E-state index in [1.807, 2.05) is 41.5 Å². The summed E-state index contributed by atoms with van der Waals surface area (Å²) in [6.07, 6.45) is 0.472. The van der Waals surface area contributed by atoms with Crippen LogP contribution in [-0.2, 0) is 11.6 Å². The van der Waals surface area contributed by atoms with Crippen molar-refractivity contribution in [1.29, 1.82) is 0 Å². The Bertz CT molecular complexity index is 1030. The summed E-state index contributed by atoms with van der Waals surface area (Å²) in [6.45, 7) is 13.5. The predicted molar refractivity (Wildman–Crippen MR) is 138 cm³/mol. The molecular formula is C29H40F3NO3. The fourth-order valence-electron chi connectivity index (χ4n) is 4.73. The van der Waals surface area contributed by atoms with Crippen LogP contribution in [0.4, 0.5) is 13.2 Å². The van der Waals surface area contributed by atoms with E-state index in [0.717, 1.165) is 50.3 Å². The van der Waals surface area contributed by atoms with Crippen molar-refractivity contribution in [2.24, 2.45) is 0 Å². The Balaban J connectivity index is 2.67. The first-order chi connectivity index (χ1) is 16.6. The molecule has 0 aliphatic heterocycles. The Hall–Kier alpha value is -2.70. The molecule has 0 aliphatic carbocycles. The van der Waals surface area contributed by atoms with Gasteiger partial charge in [0.25, 0.3) is 5.91 Å². The largest absolute Gasteiger partial charge is 0.507 e.